The van der Waals surface area contributed by atoms with Gasteiger partial charge in [-0.2, -0.15) is 13.2 Å². The van der Waals surface area contributed by atoms with Gasteiger partial charge >= 0.3 is 6.18 Å². The Labute approximate surface area is 160 Å². The molecule has 1 aliphatic heterocycles. The number of piperidine rings is 1. The first kappa shape index (κ1) is 19.7. The minimum atomic E-state index is -4.49. The molecule has 146 valence electrons. The maximum atomic E-state index is 12.8. The van der Waals surface area contributed by atoms with Crippen LogP contribution in [0.2, 0.25) is 5.02 Å². The lowest BCUT2D eigenvalue weighted by Gasteiger charge is -2.33. The quantitative estimate of drug-likeness (QED) is 0.813. The van der Waals surface area contributed by atoms with Gasteiger partial charge in [-0.25, -0.2) is 9.97 Å². The number of anilines is 1. The molecule has 1 atom stereocenters. The molecule has 9 heteroatoms. The summed E-state index contributed by atoms with van der Waals surface area (Å²) in [5, 5.41) is 3.60. The Morgan fingerprint density at radius 2 is 2.15 bits per heavy atom. The summed E-state index contributed by atoms with van der Waals surface area (Å²) in [6.45, 7) is 2.18. The number of benzene rings is 1. The summed E-state index contributed by atoms with van der Waals surface area (Å²) in [7, 11) is 1.57. The molecule has 1 saturated heterocycles. The molecule has 0 aliphatic carbocycles. The van der Waals surface area contributed by atoms with Crippen molar-refractivity contribution in [3.8, 4) is 5.75 Å². The lowest BCUT2D eigenvalue weighted by atomic mass is 10.0. The lowest BCUT2D eigenvalue weighted by molar-refractivity contribution is -0.141. The molecule has 1 unspecified atom stereocenters. The van der Waals surface area contributed by atoms with Crippen molar-refractivity contribution in [3.63, 3.8) is 0 Å². The molecule has 0 amide bonds. The van der Waals surface area contributed by atoms with Crippen molar-refractivity contribution in [3.05, 3.63) is 46.7 Å². The number of halogens is 4. The van der Waals surface area contributed by atoms with Gasteiger partial charge in [0.15, 0.2) is 0 Å². The van der Waals surface area contributed by atoms with Crippen LogP contribution in [0.3, 0.4) is 0 Å². The number of hydrogen-bond donors (Lipinski definition) is 1. The summed E-state index contributed by atoms with van der Waals surface area (Å²) in [6.07, 6.45) is -1.62. The fraction of sp³-hybridized carbons (Fsp3) is 0.444. The first-order valence-electron chi connectivity index (χ1n) is 8.57. The van der Waals surface area contributed by atoms with Crippen molar-refractivity contribution in [2.45, 2.75) is 31.6 Å². The minimum Gasteiger partial charge on any atom is -0.495 e. The summed E-state index contributed by atoms with van der Waals surface area (Å²) >= 11 is 6.36. The van der Waals surface area contributed by atoms with Crippen LogP contribution in [0.25, 0.3) is 0 Å². The molecule has 1 N–H and O–H groups in total. The molecule has 1 fully saturated rings. The van der Waals surface area contributed by atoms with Crippen LogP contribution in [-0.4, -0.2) is 41.1 Å². The highest BCUT2D eigenvalue weighted by Crippen LogP contribution is 2.30. The number of methoxy groups -OCH3 is 1. The third-order valence-electron chi connectivity index (χ3n) is 4.44. The minimum absolute atomic E-state index is 0.00362. The number of alkyl halides is 3. The van der Waals surface area contributed by atoms with E-state index in [9.17, 15) is 13.2 Å². The van der Waals surface area contributed by atoms with E-state index in [0.717, 1.165) is 37.2 Å². The Hall–Kier alpha value is -2.06. The van der Waals surface area contributed by atoms with Crippen LogP contribution in [0, 0.1) is 0 Å². The van der Waals surface area contributed by atoms with Gasteiger partial charge < -0.3 is 10.1 Å². The Morgan fingerprint density at radius 1 is 1.33 bits per heavy atom. The van der Waals surface area contributed by atoms with Gasteiger partial charge in [0.1, 0.15) is 11.4 Å². The molecular formula is C18H20ClF3N4O. The molecule has 27 heavy (non-hydrogen) atoms. The van der Waals surface area contributed by atoms with E-state index in [4.69, 9.17) is 16.3 Å². The van der Waals surface area contributed by atoms with Crippen molar-refractivity contribution in [1.82, 2.24) is 14.9 Å². The van der Waals surface area contributed by atoms with E-state index in [0.29, 0.717) is 23.9 Å². The summed E-state index contributed by atoms with van der Waals surface area (Å²) in [6, 6.07) is 6.46. The van der Waals surface area contributed by atoms with Gasteiger partial charge in [0.25, 0.3) is 0 Å². The number of aromatic nitrogens is 2. The molecule has 5 nitrogen and oxygen atoms in total. The van der Waals surface area contributed by atoms with Crippen molar-refractivity contribution in [1.29, 1.82) is 0 Å². The van der Waals surface area contributed by atoms with E-state index in [2.05, 4.69) is 20.2 Å². The fourth-order valence-electron chi connectivity index (χ4n) is 3.16. The number of nitrogens with one attached hydrogen (secondary N) is 1. The van der Waals surface area contributed by atoms with Crippen molar-refractivity contribution < 1.29 is 17.9 Å². The van der Waals surface area contributed by atoms with Crippen molar-refractivity contribution in [2.24, 2.45) is 0 Å². The molecule has 1 aromatic carbocycles. The second-order valence-electron chi connectivity index (χ2n) is 6.42. The van der Waals surface area contributed by atoms with Crippen molar-refractivity contribution >= 4 is 17.5 Å². The zero-order valence-corrected chi connectivity index (χ0v) is 15.5. The number of nitrogens with zero attached hydrogens (tertiary/aromatic N) is 3. The Balaban J connectivity index is 1.65. The summed E-state index contributed by atoms with van der Waals surface area (Å²) in [5.41, 5.74) is 0.00261. The fourth-order valence-corrected chi connectivity index (χ4v) is 3.43. The normalized spacial score (nSPS) is 18.3. The van der Waals surface area contributed by atoms with Crippen LogP contribution in [0.5, 0.6) is 5.75 Å². The van der Waals surface area contributed by atoms with E-state index in [1.807, 2.05) is 12.1 Å². The van der Waals surface area contributed by atoms with E-state index in [1.54, 1.807) is 13.2 Å². The van der Waals surface area contributed by atoms with Gasteiger partial charge in [0, 0.05) is 25.3 Å². The molecule has 0 spiro atoms. The number of ether oxygens (including phenoxy) is 1. The van der Waals surface area contributed by atoms with E-state index in [-0.39, 0.29) is 12.0 Å². The van der Waals surface area contributed by atoms with Crippen LogP contribution in [0.15, 0.2) is 30.5 Å². The van der Waals surface area contributed by atoms with Crippen LogP contribution >= 0.6 is 11.6 Å². The average molecular weight is 401 g/mol. The Morgan fingerprint density at radius 3 is 2.89 bits per heavy atom. The summed E-state index contributed by atoms with van der Waals surface area (Å²) in [5.74, 6) is 0.620. The van der Waals surface area contributed by atoms with Gasteiger partial charge in [-0.05, 0) is 37.1 Å². The van der Waals surface area contributed by atoms with Crippen LogP contribution in [-0.2, 0) is 12.7 Å². The zero-order valence-electron chi connectivity index (χ0n) is 14.8. The molecule has 2 heterocycles. The smallest absolute Gasteiger partial charge is 0.433 e. The van der Waals surface area contributed by atoms with Crippen LogP contribution in [0.1, 0.15) is 24.1 Å². The van der Waals surface area contributed by atoms with Gasteiger partial charge in [0.05, 0.1) is 12.1 Å². The molecule has 0 radical (unpaired) electrons. The topological polar surface area (TPSA) is 50.3 Å². The second kappa shape index (κ2) is 8.31. The monoisotopic (exact) mass is 400 g/mol. The van der Waals surface area contributed by atoms with E-state index in [1.165, 1.54) is 0 Å². The number of likely N-dealkylation sites (tertiary alicyclic amines) is 1. The summed E-state index contributed by atoms with van der Waals surface area (Å²) in [4.78, 5) is 9.70. The number of rotatable bonds is 5. The molecule has 3 rings (SSSR count). The van der Waals surface area contributed by atoms with Gasteiger partial charge in [0.2, 0.25) is 5.95 Å². The lowest BCUT2D eigenvalue weighted by Crippen LogP contribution is -2.42. The highest BCUT2D eigenvalue weighted by atomic mass is 35.5. The van der Waals surface area contributed by atoms with Gasteiger partial charge in [-0.3, -0.25) is 4.90 Å². The maximum Gasteiger partial charge on any atom is 0.433 e. The Bertz CT molecular complexity index is 787. The second-order valence-corrected chi connectivity index (χ2v) is 6.79. The average Bonchev–Trinajstić information content (AvgIpc) is 2.63. The summed E-state index contributed by atoms with van der Waals surface area (Å²) < 4.78 is 43.6. The van der Waals surface area contributed by atoms with E-state index >= 15 is 0 Å². The van der Waals surface area contributed by atoms with Gasteiger partial charge in [-0.15, -0.1) is 0 Å². The highest BCUT2D eigenvalue weighted by Gasteiger charge is 2.33. The predicted molar refractivity (Wildman–Crippen MR) is 97.0 cm³/mol. The van der Waals surface area contributed by atoms with E-state index < -0.39 is 11.9 Å². The maximum absolute atomic E-state index is 12.8. The first-order chi connectivity index (χ1) is 12.9. The zero-order chi connectivity index (χ0) is 19.4. The van der Waals surface area contributed by atoms with Gasteiger partial charge in [-0.1, -0.05) is 23.7 Å². The van der Waals surface area contributed by atoms with Crippen LogP contribution in [0.4, 0.5) is 19.1 Å². The SMILES string of the molecule is COc1cccc(CN2CCCC(Nc3nccc(C(F)(F)F)n3)C2)c1Cl. The largest absolute Gasteiger partial charge is 0.495 e. The predicted octanol–water partition coefficient (Wildman–Crippen LogP) is 4.23. The number of hydrogen-bond acceptors (Lipinski definition) is 5. The highest BCUT2D eigenvalue weighted by molar-refractivity contribution is 6.32. The first-order valence-corrected chi connectivity index (χ1v) is 8.95. The molecule has 1 aromatic heterocycles. The Kier molecular flexibility index (Phi) is 6.06. The molecular weight excluding hydrogens is 381 g/mol. The van der Waals surface area contributed by atoms with Crippen molar-refractivity contribution in [2.75, 3.05) is 25.5 Å². The molecule has 2 aromatic rings. The standard InChI is InChI=1S/C18H20ClF3N4O/c1-27-14-6-2-4-12(16(14)19)10-26-9-3-5-13(11-26)24-17-23-8-7-15(25-17)18(20,21)22/h2,4,6-8,13H,3,5,9-11H2,1H3,(H,23,24,25). The molecule has 0 bridgehead atoms. The molecule has 1 aliphatic rings. The van der Waals surface area contributed by atoms with Crippen LogP contribution < -0.4 is 10.1 Å². The third-order valence-corrected chi connectivity index (χ3v) is 4.87. The molecule has 0 saturated carbocycles. The third kappa shape index (κ3) is 5.01.